The van der Waals surface area contributed by atoms with Crippen molar-refractivity contribution in [3.8, 4) is 0 Å². The topological polar surface area (TPSA) is 136 Å². The Bertz CT molecular complexity index is 1160. The standard InChI is InChI=1S/C17H13ClN4O5S/c1-10-15(9-11-8-13(22(24)25)4-7-16(11)18)17(23)21(20-10)12-2-5-14(6-3-12)28(19,26)27/h2-9H,1H3,(H2,19,26,27). The van der Waals surface area contributed by atoms with Crippen LogP contribution in [0.3, 0.4) is 0 Å². The number of nitro benzene ring substituents is 1. The van der Waals surface area contributed by atoms with Gasteiger partial charge in [-0.2, -0.15) is 10.1 Å². The summed E-state index contributed by atoms with van der Waals surface area (Å²) in [6, 6.07) is 9.24. The van der Waals surface area contributed by atoms with Crippen LogP contribution >= 0.6 is 11.6 Å². The van der Waals surface area contributed by atoms with E-state index in [1.54, 1.807) is 6.92 Å². The Kier molecular flexibility index (Phi) is 5.02. The van der Waals surface area contributed by atoms with E-state index in [9.17, 15) is 23.3 Å². The number of nitro groups is 1. The maximum absolute atomic E-state index is 12.8. The number of amides is 1. The van der Waals surface area contributed by atoms with Crippen LogP contribution in [0, 0.1) is 10.1 Å². The molecule has 0 bridgehead atoms. The van der Waals surface area contributed by atoms with Gasteiger partial charge in [-0.15, -0.1) is 0 Å². The molecule has 28 heavy (non-hydrogen) atoms. The van der Waals surface area contributed by atoms with Crippen molar-refractivity contribution in [2.24, 2.45) is 10.2 Å². The van der Waals surface area contributed by atoms with Crippen molar-refractivity contribution in [3.63, 3.8) is 0 Å². The lowest BCUT2D eigenvalue weighted by molar-refractivity contribution is -0.384. The predicted molar refractivity (Wildman–Crippen MR) is 104 cm³/mol. The zero-order chi connectivity index (χ0) is 20.6. The summed E-state index contributed by atoms with van der Waals surface area (Å²) in [4.78, 5) is 23.1. The van der Waals surface area contributed by atoms with Crippen molar-refractivity contribution < 1.29 is 18.1 Å². The fraction of sp³-hybridized carbons (Fsp3) is 0.0588. The van der Waals surface area contributed by atoms with Crippen LogP contribution in [-0.4, -0.2) is 25.0 Å². The monoisotopic (exact) mass is 420 g/mol. The number of nitrogens with two attached hydrogens (primary N) is 1. The zero-order valence-electron chi connectivity index (χ0n) is 14.4. The Labute approximate surface area is 164 Å². The number of primary sulfonamides is 1. The van der Waals surface area contributed by atoms with E-state index >= 15 is 0 Å². The number of halogens is 1. The molecule has 3 rings (SSSR count). The summed E-state index contributed by atoms with van der Waals surface area (Å²) in [5, 5.41) is 21.5. The lowest BCUT2D eigenvalue weighted by Gasteiger charge is -2.12. The number of non-ortho nitro benzene ring substituents is 1. The lowest BCUT2D eigenvalue weighted by atomic mass is 10.1. The summed E-state index contributed by atoms with van der Waals surface area (Å²) in [6.45, 7) is 1.60. The average Bonchev–Trinajstić information content (AvgIpc) is 2.90. The van der Waals surface area contributed by atoms with E-state index in [0.717, 1.165) is 5.01 Å². The maximum atomic E-state index is 12.8. The minimum absolute atomic E-state index is 0.0947. The fourth-order valence-electron chi connectivity index (χ4n) is 2.55. The number of benzene rings is 2. The summed E-state index contributed by atoms with van der Waals surface area (Å²) in [7, 11) is -3.86. The lowest BCUT2D eigenvalue weighted by Crippen LogP contribution is -2.21. The van der Waals surface area contributed by atoms with Gasteiger partial charge in [0, 0.05) is 22.7 Å². The molecule has 0 saturated carbocycles. The minimum Gasteiger partial charge on any atom is -0.267 e. The number of hydrogen-bond donors (Lipinski definition) is 1. The largest absolute Gasteiger partial charge is 0.280 e. The Morgan fingerprint density at radius 2 is 1.86 bits per heavy atom. The molecule has 0 unspecified atom stereocenters. The summed E-state index contributed by atoms with van der Waals surface area (Å²) in [6.07, 6.45) is 1.43. The second-order valence-electron chi connectivity index (χ2n) is 5.86. The molecule has 1 aliphatic rings. The maximum Gasteiger partial charge on any atom is 0.280 e. The van der Waals surface area contributed by atoms with Gasteiger partial charge in [-0.3, -0.25) is 14.9 Å². The van der Waals surface area contributed by atoms with Gasteiger partial charge in [-0.05, 0) is 43.3 Å². The van der Waals surface area contributed by atoms with Crippen molar-refractivity contribution in [1.29, 1.82) is 0 Å². The van der Waals surface area contributed by atoms with Crippen molar-refractivity contribution in [2.75, 3.05) is 5.01 Å². The Morgan fingerprint density at radius 1 is 1.21 bits per heavy atom. The molecule has 0 spiro atoms. The van der Waals surface area contributed by atoms with Crippen LogP contribution in [0.25, 0.3) is 6.08 Å². The highest BCUT2D eigenvalue weighted by Crippen LogP contribution is 2.29. The first kappa shape index (κ1) is 19.7. The molecule has 1 amide bonds. The van der Waals surface area contributed by atoms with Gasteiger partial charge in [0.2, 0.25) is 10.0 Å². The molecule has 0 fully saturated rings. The van der Waals surface area contributed by atoms with E-state index < -0.39 is 20.9 Å². The molecular formula is C17H13ClN4O5S. The molecule has 0 aliphatic carbocycles. The zero-order valence-corrected chi connectivity index (χ0v) is 15.9. The van der Waals surface area contributed by atoms with E-state index in [1.165, 1.54) is 48.5 Å². The Balaban J connectivity index is 1.96. The number of sulfonamides is 1. The Morgan fingerprint density at radius 3 is 2.43 bits per heavy atom. The molecule has 2 aromatic carbocycles. The molecule has 0 aromatic heterocycles. The van der Waals surface area contributed by atoms with Crippen molar-refractivity contribution in [2.45, 2.75) is 11.8 Å². The number of rotatable bonds is 4. The number of nitrogens with zero attached hydrogens (tertiary/aromatic N) is 3. The number of carbonyl (C=O) groups is 1. The summed E-state index contributed by atoms with van der Waals surface area (Å²) < 4.78 is 22.7. The number of hydrogen-bond acceptors (Lipinski definition) is 6. The normalized spacial score (nSPS) is 15.8. The quantitative estimate of drug-likeness (QED) is 0.460. The number of carbonyl (C=O) groups excluding carboxylic acids is 1. The van der Waals surface area contributed by atoms with Crippen LogP contribution in [0.4, 0.5) is 11.4 Å². The SMILES string of the molecule is CC1=NN(c2ccc(S(N)(=O)=O)cc2)C(=O)C1=Cc1cc([N+](=O)[O-])ccc1Cl. The van der Waals surface area contributed by atoms with E-state index in [4.69, 9.17) is 16.7 Å². The van der Waals surface area contributed by atoms with Gasteiger partial charge >= 0.3 is 0 Å². The third-order valence-corrected chi connectivity index (χ3v) is 5.24. The van der Waals surface area contributed by atoms with Crippen LogP contribution in [0.15, 0.2) is 58.0 Å². The van der Waals surface area contributed by atoms with Gasteiger partial charge in [0.05, 0.1) is 26.8 Å². The predicted octanol–water partition coefficient (Wildman–Crippen LogP) is 2.70. The van der Waals surface area contributed by atoms with Crippen LogP contribution in [-0.2, 0) is 14.8 Å². The first-order valence-corrected chi connectivity index (χ1v) is 9.69. The van der Waals surface area contributed by atoms with E-state index in [0.29, 0.717) is 17.0 Å². The van der Waals surface area contributed by atoms with Gasteiger partial charge in [0.1, 0.15) is 0 Å². The second kappa shape index (κ2) is 7.15. The van der Waals surface area contributed by atoms with Gasteiger partial charge < -0.3 is 0 Å². The molecule has 2 aromatic rings. The van der Waals surface area contributed by atoms with Gasteiger partial charge in [-0.25, -0.2) is 13.6 Å². The summed E-state index contributed by atoms with van der Waals surface area (Å²) in [5.74, 6) is -0.483. The second-order valence-corrected chi connectivity index (χ2v) is 7.83. The first-order chi connectivity index (χ1) is 13.1. The van der Waals surface area contributed by atoms with Gasteiger partial charge in [-0.1, -0.05) is 11.6 Å². The van der Waals surface area contributed by atoms with E-state index in [1.807, 2.05) is 0 Å². The molecule has 144 valence electrons. The van der Waals surface area contributed by atoms with Gasteiger partial charge in [0.15, 0.2) is 0 Å². The van der Waals surface area contributed by atoms with Crippen molar-refractivity contribution in [3.05, 3.63) is 68.7 Å². The average molecular weight is 421 g/mol. The van der Waals surface area contributed by atoms with Crippen LogP contribution in [0.1, 0.15) is 12.5 Å². The molecular weight excluding hydrogens is 408 g/mol. The third kappa shape index (κ3) is 3.79. The van der Waals surface area contributed by atoms with Crippen molar-refractivity contribution >= 4 is 50.7 Å². The fourth-order valence-corrected chi connectivity index (χ4v) is 3.23. The summed E-state index contributed by atoms with van der Waals surface area (Å²) in [5.41, 5.74) is 1.07. The van der Waals surface area contributed by atoms with Crippen LogP contribution < -0.4 is 10.1 Å². The Hall–Kier alpha value is -3.08. The molecule has 0 atom stereocenters. The molecule has 1 aliphatic heterocycles. The highest BCUT2D eigenvalue weighted by molar-refractivity contribution is 7.89. The van der Waals surface area contributed by atoms with Crippen LogP contribution in [0.5, 0.6) is 0 Å². The first-order valence-electron chi connectivity index (χ1n) is 7.76. The summed E-state index contributed by atoms with van der Waals surface area (Å²) >= 11 is 6.09. The molecule has 2 N–H and O–H groups in total. The minimum atomic E-state index is -3.86. The smallest absolute Gasteiger partial charge is 0.267 e. The van der Waals surface area contributed by atoms with E-state index in [2.05, 4.69) is 5.10 Å². The van der Waals surface area contributed by atoms with E-state index in [-0.39, 0.29) is 21.2 Å². The molecule has 11 heteroatoms. The number of anilines is 1. The highest BCUT2D eigenvalue weighted by atomic mass is 35.5. The molecule has 1 heterocycles. The molecule has 0 saturated heterocycles. The molecule has 9 nitrogen and oxygen atoms in total. The third-order valence-electron chi connectivity index (χ3n) is 3.96. The highest BCUT2D eigenvalue weighted by Gasteiger charge is 2.29. The molecule has 0 radical (unpaired) electrons. The number of hydrazone groups is 1. The van der Waals surface area contributed by atoms with Gasteiger partial charge in [0.25, 0.3) is 11.6 Å². The van der Waals surface area contributed by atoms with Crippen LogP contribution in [0.2, 0.25) is 5.02 Å². The van der Waals surface area contributed by atoms with Crippen molar-refractivity contribution in [1.82, 2.24) is 0 Å².